The zero-order valence-corrected chi connectivity index (χ0v) is 17.1. The summed E-state index contributed by atoms with van der Waals surface area (Å²) in [5.41, 5.74) is 0.285. The largest absolute Gasteiger partial charge is 0.422 e. The van der Waals surface area contributed by atoms with E-state index in [0.29, 0.717) is 53.6 Å². The van der Waals surface area contributed by atoms with Gasteiger partial charge in [0.05, 0.1) is 0 Å². The Bertz CT molecular complexity index is 1120. The van der Waals surface area contributed by atoms with Crippen LogP contribution in [0, 0.1) is 0 Å². The standard InChI is InChI=1S/C22H19Cl2NO4/c23-15-5-6-17(18(24)12-15)22(7-9-28-10-8-22)13-25-20(26)16-11-14-3-1-2-4-19(14)29-21(16)27/h1-6,11-12H,7-10,13H2,(H,25,26). The molecule has 1 aliphatic rings. The molecule has 2 heterocycles. The van der Waals surface area contributed by atoms with Gasteiger partial charge in [0.15, 0.2) is 0 Å². The van der Waals surface area contributed by atoms with Gasteiger partial charge in [0, 0.05) is 40.6 Å². The molecule has 3 aromatic rings. The number of ether oxygens (including phenoxy) is 1. The third kappa shape index (κ3) is 4.04. The van der Waals surface area contributed by atoms with Crippen LogP contribution in [0.1, 0.15) is 28.8 Å². The lowest BCUT2D eigenvalue weighted by molar-refractivity contribution is 0.0487. The van der Waals surface area contributed by atoms with Gasteiger partial charge in [-0.1, -0.05) is 47.5 Å². The van der Waals surface area contributed by atoms with Gasteiger partial charge in [-0.2, -0.15) is 0 Å². The van der Waals surface area contributed by atoms with Gasteiger partial charge in [-0.3, -0.25) is 4.79 Å². The molecular weight excluding hydrogens is 413 g/mol. The Hall–Kier alpha value is -2.34. The van der Waals surface area contributed by atoms with Gasteiger partial charge in [0.2, 0.25) is 0 Å². The molecule has 150 valence electrons. The molecule has 1 fully saturated rings. The average Bonchev–Trinajstić information content (AvgIpc) is 2.72. The van der Waals surface area contributed by atoms with Crippen LogP contribution in [0.2, 0.25) is 10.0 Å². The molecule has 1 saturated heterocycles. The molecule has 1 N–H and O–H groups in total. The summed E-state index contributed by atoms with van der Waals surface area (Å²) in [6, 6.07) is 14.0. The molecule has 5 nitrogen and oxygen atoms in total. The number of nitrogens with one attached hydrogen (secondary N) is 1. The van der Waals surface area contributed by atoms with Gasteiger partial charge in [0.25, 0.3) is 5.91 Å². The Balaban J connectivity index is 1.62. The Morgan fingerprint density at radius 2 is 1.83 bits per heavy atom. The minimum absolute atomic E-state index is 0.0203. The average molecular weight is 432 g/mol. The quantitative estimate of drug-likeness (QED) is 0.613. The first-order valence-corrected chi connectivity index (χ1v) is 10.1. The Morgan fingerprint density at radius 1 is 1.07 bits per heavy atom. The van der Waals surface area contributed by atoms with E-state index < -0.39 is 16.9 Å². The van der Waals surface area contributed by atoms with Crippen LogP contribution in [-0.4, -0.2) is 25.7 Å². The molecule has 0 bridgehead atoms. The Labute approximate surface area is 177 Å². The first-order valence-electron chi connectivity index (χ1n) is 9.33. The Kier molecular flexibility index (Phi) is 5.63. The summed E-state index contributed by atoms with van der Waals surface area (Å²) in [5.74, 6) is -0.472. The monoisotopic (exact) mass is 431 g/mol. The van der Waals surface area contributed by atoms with Crippen molar-refractivity contribution in [1.82, 2.24) is 5.32 Å². The van der Waals surface area contributed by atoms with Gasteiger partial charge in [-0.25, -0.2) is 4.79 Å². The van der Waals surface area contributed by atoms with Crippen LogP contribution in [0.5, 0.6) is 0 Å². The molecule has 29 heavy (non-hydrogen) atoms. The predicted molar refractivity (Wildman–Crippen MR) is 113 cm³/mol. The first kappa shape index (κ1) is 20.0. The smallest absolute Gasteiger partial charge is 0.349 e. The van der Waals surface area contributed by atoms with Crippen LogP contribution in [0.15, 0.2) is 57.7 Å². The maximum absolute atomic E-state index is 12.8. The van der Waals surface area contributed by atoms with Crippen LogP contribution < -0.4 is 10.9 Å². The number of hydrogen-bond acceptors (Lipinski definition) is 4. The fourth-order valence-corrected chi connectivity index (χ4v) is 4.40. The van der Waals surface area contributed by atoms with Crippen molar-refractivity contribution < 1.29 is 13.9 Å². The number of carbonyl (C=O) groups excluding carboxylic acids is 1. The molecule has 1 amide bonds. The van der Waals surface area contributed by atoms with Crippen LogP contribution in [0.3, 0.4) is 0 Å². The lowest BCUT2D eigenvalue weighted by Gasteiger charge is -2.38. The lowest BCUT2D eigenvalue weighted by Crippen LogP contribution is -2.45. The van der Waals surface area contributed by atoms with Gasteiger partial charge in [-0.05, 0) is 42.7 Å². The number of carbonyl (C=O) groups is 1. The predicted octanol–water partition coefficient (Wildman–Crippen LogP) is 4.58. The molecule has 1 aliphatic heterocycles. The highest BCUT2D eigenvalue weighted by Crippen LogP contribution is 2.39. The second kappa shape index (κ2) is 8.19. The number of hydrogen-bond donors (Lipinski definition) is 1. The molecule has 0 aliphatic carbocycles. The maximum atomic E-state index is 12.8. The molecule has 0 radical (unpaired) electrons. The number of rotatable bonds is 4. The first-order chi connectivity index (χ1) is 14.0. The van der Waals surface area contributed by atoms with E-state index in [1.54, 1.807) is 36.4 Å². The van der Waals surface area contributed by atoms with Crippen LogP contribution in [-0.2, 0) is 10.2 Å². The van der Waals surface area contributed by atoms with Crippen molar-refractivity contribution in [2.24, 2.45) is 0 Å². The number of benzene rings is 2. The maximum Gasteiger partial charge on any atom is 0.349 e. The summed E-state index contributed by atoms with van der Waals surface area (Å²) in [6.45, 7) is 1.45. The van der Waals surface area contributed by atoms with Crippen molar-refractivity contribution in [3.8, 4) is 0 Å². The summed E-state index contributed by atoms with van der Waals surface area (Å²) in [5, 5.41) is 4.71. The summed E-state index contributed by atoms with van der Waals surface area (Å²) < 4.78 is 10.8. The van der Waals surface area contributed by atoms with E-state index in [2.05, 4.69) is 5.32 Å². The molecule has 0 saturated carbocycles. The van der Waals surface area contributed by atoms with Gasteiger partial charge < -0.3 is 14.5 Å². The molecule has 0 atom stereocenters. The van der Waals surface area contributed by atoms with E-state index in [1.807, 2.05) is 12.1 Å². The van der Waals surface area contributed by atoms with Crippen LogP contribution >= 0.6 is 23.2 Å². The minimum Gasteiger partial charge on any atom is -0.422 e. The van der Waals surface area contributed by atoms with E-state index in [4.69, 9.17) is 32.4 Å². The van der Waals surface area contributed by atoms with E-state index in [0.717, 1.165) is 5.56 Å². The fourth-order valence-electron chi connectivity index (χ4n) is 3.79. The van der Waals surface area contributed by atoms with Crippen molar-refractivity contribution in [3.63, 3.8) is 0 Å². The van der Waals surface area contributed by atoms with E-state index in [-0.39, 0.29) is 5.56 Å². The summed E-state index contributed by atoms with van der Waals surface area (Å²) in [7, 11) is 0. The van der Waals surface area contributed by atoms with Gasteiger partial charge in [0.1, 0.15) is 11.1 Å². The van der Waals surface area contributed by atoms with Crippen molar-refractivity contribution in [3.05, 3.63) is 80.1 Å². The normalized spacial score (nSPS) is 15.9. The summed E-state index contributed by atoms with van der Waals surface area (Å²) >= 11 is 12.5. The zero-order chi connectivity index (χ0) is 20.4. The number of fused-ring (bicyclic) bond motifs is 1. The zero-order valence-electron chi connectivity index (χ0n) is 15.5. The third-order valence-electron chi connectivity index (χ3n) is 5.43. The highest BCUT2D eigenvalue weighted by Gasteiger charge is 2.36. The van der Waals surface area contributed by atoms with E-state index in [9.17, 15) is 9.59 Å². The lowest BCUT2D eigenvalue weighted by atomic mass is 9.74. The topological polar surface area (TPSA) is 68.5 Å². The molecule has 0 spiro atoms. The van der Waals surface area contributed by atoms with E-state index in [1.165, 1.54) is 0 Å². The number of amides is 1. The highest BCUT2D eigenvalue weighted by molar-refractivity contribution is 6.35. The number of halogens is 2. The number of para-hydroxylation sites is 1. The van der Waals surface area contributed by atoms with E-state index >= 15 is 0 Å². The van der Waals surface area contributed by atoms with Crippen molar-refractivity contribution in [2.75, 3.05) is 19.8 Å². The summed E-state index contributed by atoms with van der Waals surface area (Å²) in [6.07, 6.45) is 1.39. The molecule has 2 aromatic carbocycles. The molecule has 7 heteroatoms. The molecule has 4 rings (SSSR count). The van der Waals surface area contributed by atoms with Crippen molar-refractivity contribution >= 4 is 40.1 Å². The minimum atomic E-state index is -0.660. The van der Waals surface area contributed by atoms with Crippen molar-refractivity contribution in [1.29, 1.82) is 0 Å². The highest BCUT2D eigenvalue weighted by atomic mass is 35.5. The van der Waals surface area contributed by atoms with Gasteiger partial charge >= 0.3 is 5.63 Å². The van der Waals surface area contributed by atoms with Gasteiger partial charge in [-0.15, -0.1) is 0 Å². The van der Waals surface area contributed by atoms with Crippen molar-refractivity contribution in [2.45, 2.75) is 18.3 Å². The van der Waals surface area contributed by atoms with Crippen LogP contribution in [0.4, 0.5) is 0 Å². The SMILES string of the molecule is O=C(NCC1(c2ccc(Cl)cc2Cl)CCOCC1)c1cc2ccccc2oc1=O. The summed E-state index contributed by atoms with van der Waals surface area (Å²) in [4.78, 5) is 25.1. The molecular formula is C22H19Cl2NO4. The van der Waals surface area contributed by atoms with Crippen LogP contribution in [0.25, 0.3) is 11.0 Å². The second-order valence-electron chi connectivity index (χ2n) is 7.18. The molecule has 0 unspecified atom stereocenters. The second-order valence-corrected chi connectivity index (χ2v) is 8.03. The fraction of sp³-hybridized carbons (Fsp3) is 0.273. The Morgan fingerprint density at radius 3 is 2.59 bits per heavy atom. The third-order valence-corrected chi connectivity index (χ3v) is 5.97. The molecule has 1 aromatic heterocycles.